The number of hydrogen-bond acceptors (Lipinski definition) is 6. The van der Waals surface area contributed by atoms with Crippen LogP contribution in [0.4, 0.5) is 5.82 Å². The van der Waals surface area contributed by atoms with Gasteiger partial charge in [-0.3, -0.25) is 4.79 Å². The quantitative estimate of drug-likeness (QED) is 0.699. The highest BCUT2D eigenvalue weighted by Gasteiger charge is 2.29. The minimum atomic E-state index is -0.0754. The molecule has 8 nitrogen and oxygen atoms in total. The normalized spacial score (nSPS) is 16.3. The molecule has 30 heavy (non-hydrogen) atoms. The molecule has 0 saturated carbocycles. The molecule has 0 unspecified atom stereocenters. The molecule has 8 heteroatoms. The van der Waals surface area contributed by atoms with Crippen LogP contribution in [0.5, 0.6) is 5.88 Å². The number of rotatable bonds is 5. The third-order valence-corrected chi connectivity index (χ3v) is 6.12. The molecule has 2 aliphatic rings. The van der Waals surface area contributed by atoms with Crippen molar-refractivity contribution in [3.05, 3.63) is 41.1 Å². The van der Waals surface area contributed by atoms with E-state index in [0.29, 0.717) is 23.9 Å². The Hall–Kier alpha value is -3.16. The van der Waals surface area contributed by atoms with E-state index in [1.54, 1.807) is 11.8 Å². The number of amides is 1. The molecule has 156 valence electrons. The molecule has 0 bridgehead atoms. The van der Waals surface area contributed by atoms with Gasteiger partial charge in [-0.2, -0.15) is 10.2 Å². The second-order valence-corrected chi connectivity index (χ2v) is 8.23. The van der Waals surface area contributed by atoms with Crippen molar-refractivity contribution in [1.82, 2.24) is 25.3 Å². The zero-order valence-corrected chi connectivity index (χ0v) is 17.4. The Bertz CT molecular complexity index is 1100. The summed E-state index contributed by atoms with van der Waals surface area (Å²) in [4.78, 5) is 14.8. The van der Waals surface area contributed by atoms with Gasteiger partial charge in [0.2, 0.25) is 5.88 Å². The SMILES string of the molecule is COc1c2ccc(C(=O)NCC3CN(c4cc5c(nn4)CCCC5)C3)cc2nn1C. The first-order chi connectivity index (χ1) is 14.6. The molecule has 3 heterocycles. The standard InChI is InChI=1S/C22H26N6O2/c1-27-22(30-2)17-8-7-16(9-19(17)26-27)21(29)23-11-14-12-28(13-14)20-10-15-5-3-4-6-18(15)24-25-20/h7-10,14H,3-6,11-13H2,1-2H3,(H,23,29). The van der Waals surface area contributed by atoms with Gasteiger partial charge in [-0.15, -0.1) is 5.10 Å². The molecule has 0 radical (unpaired) electrons. The van der Waals surface area contributed by atoms with Crippen LogP contribution in [0.3, 0.4) is 0 Å². The molecule has 1 amide bonds. The predicted octanol–water partition coefficient (Wildman–Crippen LogP) is 2.12. The highest BCUT2D eigenvalue weighted by Crippen LogP contribution is 2.27. The monoisotopic (exact) mass is 406 g/mol. The van der Waals surface area contributed by atoms with Crippen molar-refractivity contribution in [3.63, 3.8) is 0 Å². The molecule has 3 aromatic rings. The van der Waals surface area contributed by atoms with Crippen molar-refractivity contribution in [1.29, 1.82) is 0 Å². The van der Waals surface area contributed by atoms with Crippen molar-refractivity contribution >= 4 is 22.6 Å². The number of nitrogens with zero attached hydrogens (tertiary/aromatic N) is 5. The van der Waals surface area contributed by atoms with E-state index in [1.165, 1.54) is 18.4 Å². The number of methoxy groups -OCH3 is 1. The molecule has 1 aliphatic carbocycles. The number of hydrogen-bond donors (Lipinski definition) is 1. The van der Waals surface area contributed by atoms with Crippen LogP contribution in [0.1, 0.15) is 34.5 Å². The second-order valence-electron chi connectivity index (χ2n) is 8.23. The molecule has 1 aliphatic heterocycles. The smallest absolute Gasteiger partial charge is 0.251 e. The number of aromatic nitrogens is 4. The van der Waals surface area contributed by atoms with Gasteiger partial charge in [-0.25, -0.2) is 4.68 Å². The number of anilines is 1. The maximum Gasteiger partial charge on any atom is 0.251 e. The topological polar surface area (TPSA) is 85.2 Å². The molecule has 1 N–H and O–H groups in total. The third kappa shape index (κ3) is 3.36. The van der Waals surface area contributed by atoms with Gasteiger partial charge in [0.15, 0.2) is 5.82 Å². The molecule has 2 aromatic heterocycles. The first-order valence-electron chi connectivity index (χ1n) is 10.5. The van der Waals surface area contributed by atoms with Crippen LogP contribution < -0.4 is 15.0 Å². The van der Waals surface area contributed by atoms with Gasteiger partial charge in [0.05, 0.1) is 23.7 Å². The molecule has 5 rings (SSSR count). The Morgan fingerprint density at radius 3 is 2.87 bits per heavy atom. The van der Waals surface area contributed by atoms with E-state index >= 15 is 0 Å². The van der Waals surface area contributed by atoms with Crippen LogP contribution in [-0.2, 0) is 19.9 Å². The largest absolute Gasteiger partial charge is 0.481 e. The Labute approximate surface area is 175 Å². The van der Waals surface area contributed by atoms with Gasteiger partial charge in [-0.05, 0) is 55.5 Å². The molecule has 1 aromatic carbocycles. The number of nitrogens with one attached hydrogen (secondary N) is 1. The van der Waals surface area contributed by atoms with Gasteiger partial charge >= 0.3 is 0 Å². The first kappa shape index (κ1) is 18.8. The molecule has 0 atom stereocenters. The molecular weight excluding hydrogens is 380 g/mol. The van der Waals surface area contributed by atoms with E-state index in [2.05, 4.69) is 31.6 Å². The van der Waals surface area contributed by atoms with Crippen LogP contribution in [0.25, 0.3) is 10.9 Å². The van der Waals surface area contributed by atoms with E-state index < -0.39 is 0 Å². The van der Waals surface area contributed by atoms with Crippen molar-refractivity contribution in [2.24, 2.45) is 13.0 Å². The lowest BCUT2D eigenvalue weighted by atomic mass is 9.95. The number of aryl methyl sites for hydroxylation is 3. The van der Waals surface area contributed by atoms with Crippen molar-refractivity contribution in [3.8, 4) is 5.88 Å². The minimum absolute atomic E-state index is 0.0754. The lowest BCUT2D eigenvalue weighted by molar-refractivity contribution is 0.0944. The second kappa shape index (κ2) is 7.59. The predicted molar refractivity (Wildman–Crippen MR) is 114 cm³/mol. The molecule has 0 spiro atoms. The van der Waals surface area contributed by atoms with E-state index in [1.807, 2.05) is 25.2 Å². The summed E-state index contributed by atoms with van der Waals surface area (Å²) >= 11 is 0. The summed E-state index contributed by atoms with van der Waals surface area (Å²) in [6.07, 6.45) is 4.61. The van der Waals surface area contributed by atoms with E-state index in [0.717, 1.165) is 48.3 Å². The van der Waals surface area contributed by atoms with E-state index in [4.69, 9.17) is 4.74 Å². The van der Waals surface area contributed by atoms with Crippen LogP contribution in [0, 0.1) is 5.92 Å². The van der Waals surface area contributed by atoms with Crippen LogP contribution in [-0.4, -0.2) is 52.6 Å². The Morgan fingerprint density at radius 2 is 2.03 bits per heavy atom. The van der Waals surface area contributed by atoms with Crippen molar-refractivity contribution in [2.45, 2.75) is 25.7 Å². The summed E-state index contributed by atoms with van der Waals surface area (Å²) in [6.45, 7) is 2.44. The lowest BCUT2D eigenvalue weighted by Crippen LogP contribution is -2.52. The lowest BCUT2D eigenvalue weighted by Gasteiger charge is -2.40. The number of benzene rings is 1. The fourth-order valence-corrected chi connectivity index (χ4v) is 4.42. The summed E-state index contributed by atoms with van der Waals surface area (Å²) in [5.74, 6) is 2.00. The summed E-state index contributed by atoms with van der Waals surface area (Å²) in [5, 5.41) is 17.2. The summed E-state index contributed by atoms with van der Waals surface area (Å²) in [6, 6.07) is 7.71. The first-order valence-corrected chi connectivity index (χ1v) is 10.5. The van der Waals surface area contributed by atoms with E-state index in [9.17, 15) is 4.79 Å². The van der Waals surface area contributed by atoms with Crippen molar-refractivity contribution in [2.75, 3.05) is 31.6 Å². The van der Waals surface area contributed by atoms with Crippen LogP contribution >= 0.6 is 0 Å². The van der Waals surface area contributed by atoms with Gasteiger partial charge in [0.25, 0.3) is 5.91 Å². The third-order valence-electron chi connectivity index (χ3n) is 6.12. The van der Waals surface area contributed by atoms with Crippen LogP contribution in [0.15, 0.2) is 24.3 Å². The molecule has 1 fully saturated rings. The maximum absolute atomic E-state index is 12.6. The zero-order chi connectivity index (χ0) is 20.7. The minimum Gasteiger partial charge on any atom is -0.481 e. The highest BCUT2D eigenvalue weighted by atomic mass is 16.5. The average molecular weight is 406 g/mol. The molecule has 1 saturated heterocycles. The summed E-state index contributed by atoms with van der Waals surface area (Å²) in [5.41, 5.74) is 3.88. The summed E-state index contributed by atoms with van der Waals surface area (Å²) in [7, 11) is 3.45. The maximum atomic E-state index is 12.6. The fraction of sp³-hybridized carbons (Fsp3) is 0.455. The Morgan fingerprint density at radius 1 is 1.20 bits per heavy atom. The number of carbonyl (C=O) groups is 1. The van der Waals surface area contributed by atoms with Crippen LogP contribution in [0.2, 0.25) is 0 Å². The average Bonchev–Trinajstić information content (AvgIpc) is 3.06. The number of ether oxygens (including phenoxy) is 1. The zero-order valence-electron chi connectivity index (χ0n) is 17.4. The fourth-order valence-electron chi connectivity index (χ4n) is 4.42. The summed E-state index contributed by atoms with van der Waals surface area (Å²) < 4.78 is 7.04. The van der Waals surface area contributed by atoms with Gasteiger partial charge in [0.1, 0.15) is 0 Å². The Balaban J connectivity index is 1.17. The number of carbonyl (C=O) groups excluding carboxylic acids is 1. The van der Waals surface area contributed by atoms with Crippen molar-refractivity contribution < 1.29 is 9.53 Å². The Kier molecular flexibility index (Phi) is 4.77. The van der Waals surface area contributed by atoms with E-state index in [-0.39, 0.29) is 5.91 Å². The van der Waals surface area contributed by atoms with Gasteiger partial charge < -0.3 is 15.0 Å². The van der Waals surface area contributed by atoms with Gasteiger partial charge in [0, 0.05) is 38.2 Å². The van der Waals surface area contributed by atoms with Gasteiger partial charge in [-0.1, -0.05) is 0 Å². The number of fused-ring (bicyclic) bond motifs is 2. The molecular formula is C22H26N6O2. The highest BCUT2D eigenvalue weighted by molar-refractivity contribution is 5.98.